The molecular weight excluding hydrogens is 270 g/mol. The molecule has 1 heterocycles. The molecule has 0 aromatic carbocycles. The highest BCUT2D eigenvalue weighted by Crippen LogP contribution is 2.24. The molecule has 0 aliphatic heterocycles. The van der Waals surface area contributed by atoms with Gasteiger partial charge in [0.1, 0.15) is 5.69 Å². The number of nitrogens with zero attached hydrogens (tertiary/aromatic N) is 2. The largest absolute Gasteiger partial charge is 0.348 e. The number of alkyl halides is 1. The van der Waals surface area contributed by atoms with Gasteiger partial charge in [-0.3, -0.25) is 9.48 Å². The van der Waals surface area contributed by atoms with Gasteiger partial charge in [-0.2, -0.15) is 5.10 Å². The summed E-state index contributed by atoms with van der Waals surface area (Å²) in [7, 11) is 1.78. The van der Waals surface area contributed by atoms with Gasteiger partial charge in [0.05, 0.1) is 0 Å². The summed E-state index contributed by atoms with van der Waals surface area (Å²) < 4.78 is 1.60. The van der Waals surface area contributed by atoms with E-state index in [1.807, 2.05) is 0 Å². The molecule has 1 saturated carbocycles. The zero-order chi connectivity index (χ0) is 11.5. The maximum Gasteiger partial charge on any atom is 0.269 e. The van der Waals surface area contributed by atoms with Crippen LogP contribution in [0.1, 0.15) is 36.2 Å². The van der Waals surface area contributed by atoms with Crippen LogP contribution in [-0.4, -0.2) is 26.6 Å². The van der Waals surface area contributed by atoms with E-state index in [0.29, 0.717) is 16.6 Å². The van der Waals surface area contributed by atoms with E-state index >= 15 is 0 Å². The number of carbonyl (C=O) groups is 1. The number of aryl methyl sites for hydroxylation is 1. The summed E-state index contributed by atoms with van der Waals surface area (Å²) in [6, 6.07) is 2.06. The van der Waals surface area contributed by atoms with Crippen molar-refractivity contribution in [1.29, 1.82) is 0 Å². The third-order valence-corrected chi connectivity index (χ3v) is 3.96. The van der Waals surface area contributed by atoms with Crippen LogP contribution in [0.3, 0.4) is 0 Å². The van der Waals surface area contributed by atoms with Crippen LogP contribution in [0.2, 0.25) is 0 Å². The Morgan fingerprint density at radius 2 is 2.19 bits per heavy atom. The molecule has 0 unspecified atom stereocenters. The highest BCUT2D eigenvalue weighted by molar-refractivity contribution is 9.09. The Balaban J connectivity index is 1.91. The fourth-order valence-electron chi connectivity index (χ4n) is 2.05. The Hall–Kier alpha value is -0.840. The monoisotopic (exact) mass is 285 g/mol. The predicted molar refractivity (Wildman–Crippen MR) is 65.6 cm³/mol. The molecule has 1 aromatic heterocycles. The second kappa shape index (κ2) is 4.99. The van der Waals surface area contributed by atoms with Crippen molar-refractivity contribution in [2.24, 2.45) is 7.05 Å². The average Bonchev–Trinajstić information content (AvgIpc) is 2.68. The number of aromatic nitrogens is 2. The van der Waals surface area contributed by atoms with Crippen LogP contribution < -0.4 is 5.32 Å². The molecular formula is C11H16BrN3O. The third kappa shape index (κ3) is 2.64. The van der Waals surface area contributed by atoms with E-state index in [2.05, 4.69) is 26.3 Å². The Bertz CT molecular complexity index is 369. The Kier molecular flexibility index (Phi) is 3.63. The lowest BCUT2D eigenvalue weighted by Crippen LogP contribution is -2.38. The Morgan fingerprint density at radius 1 is 1.50 bits per heavy atom. The SMILES string of the molecule is Cn1nccc1C(=O)NC1CCC(Br)CC1. The molecule has 88 valence electrons. The van der Waals surface area contributed by atoms with Crippen LogP contribution >= 0.6 is 15.9 Å². The second-order valence-corrected chi connectivity index (χ2v) is 5.56. The van der Waals surface area contributed by atoms with E-state index in [4.69, 9.17) is 0 Å². The summed E-state index contributed by atoms with van der Waals surface area (Å²) >= 11 is 3.61. The minimum Gasteiger partial charge on any atom is -0.348 e. The van der Waals surface area contributed by atoms with Gasteiger partial charge in [-0.05, 0) is 31.7 Å². The molecule has 1 amide bonds. The van der Waals surface area contributed by atoms with Gasteiger partial charge < -0.3 is 5.32 Å². The predicted octanol–water partition coefficient (Wildman–Crippen LogP) is 1.86. The van der Waals surface area contributed by atoms with Gasteiger partial charge in [0.2, 0.25) is 0 Å². The number of carbonyl (C=O) groups excluding carboxylic acids is 1. The molecule has 1 fully saturated rings. The van der Waals surface area contributed by atoms with Crippen molar-refractivity contribution < 1.29 is 4.79 Å². The third-order valence-electron chi connectivity index (χ3n) is 3.05. The number of hydrogen-bond acceptors (Lipinski definition) is 2. The molecule has 1 N–H and O–H groups in total. The van der Waals surface area contributed by atoms with Crippen molar-refractivity contribution in [3.8, 4) is 0 Å². The second-order valence-electron chi connectivity index (χ2n) is 4.26. The molecule has 0 radical (unpaired) electrons. The Labute approximate surface area is 104 Å². The van der Waals surface area contributed by atoms with E-state index in [9.17, 15) is 4.79 Å². The minimum atomic E-state index is -0.0157. The molecule has 2 rings (SSSR count). The molecule has 0 atom stereocenters. The van der Waals surface area contributed by atoms with Crippen LogP contribution in [0.4, 0.5) is 0 Å². The first kappa shape index (κ1) is 11.6. The van der Waals surface area contributed by atoms with E-state index < -0.39 is 0 Å². The maximum atomic E-state index is 11.9. The highest BCUT2D eigenvalue weighted by Gasteiger charge is 2.21. The van der Waals surface area contributed by atoms with Gasteiger partial charge in [0.25, 0.3) is 5.91 Å². The van der Waals surface area contributed by atoms with Crippen LogP contribution in [-0.2, 0) is 7.05 Å². The van der Waals surface area contributed by atoms with Gasteiger partial charge in [0.15, 0.2) is 0 Å². The molecule has 0 spiro atoms. The summed E-state index contributed by atoms with van der Waals surface area (Å²) in [5.41, 5.74) is 0.626. The highest BCUT2D eigenvalue weighted by atomic mass is 79.9. The lowest BCUT2D eigenvalue weighted by molar-refractivity contribution is 0.0918. The zero-order valence-corrected chi connectivity index (χ0v) is 10.9. The smallest absolute Gasteiger partial charge is 0.269 e. The van der Waals surface area contributed by atoms with Crippen LogP contribution in [0.5, 0.6) is 0 Å². The van der Waals surface area contributed by atoms with E-state index in [1.54, 1.807) is 24.0 Å². The van der Waals surface area contributed by atoms with Crippen molar-refractivity contribution >= 4 is 21.8 Å². The average molecular weight is 286 g/mol. The fourth-order valence-corrected chi connectivity index (χ4v) is 2.58. The molecule has 4 nitrogen and oxygen atoms in total. The number of nitrogens with one attached hydrogen (secondary N) is 1. The Morgan fingerprint density at radius 3 is 2.75 bits per heavy atom. The van der Waals surface area contributed by atoms with Crippen molar-refractivity contribution in [2.75, 3.05) is 0 Å². The van der Waals surface area contributed by atoms with Gasteiger partial charge in [-0.25, -0.2) is 0 Å². The summed E-state index contributed by atoms with van der Waals surface area (Å²) in [6.07, 6.45) is 6.02. The van der Waals surface area contributed by atoms with Crippen LogP contribution in [0, 0.1) is 0 Å². The fraction of sp³-hybridized carbons (Fsp3) is 0.636. The number of amides is 1. The van der Waals surface area contributed by atoms with Crippen LogP contribution in [0.25, 0.3) is 0 Å². The quantitative estimate of drug-likeness (QED) is 0.843. The van der Waals surface area contributed by atoms with E-state index in [1.165, 1.54) is 0 Å². The summed E-state index contributed by atoms with van der Waals surface area (Å²) in [5.74, 6) is -0.0157. The van der Waals surface area contributed by atoms with Crippen molar-refractivity contribution in [3.63, 3.8) is 0 Å². The minimum absolute atomic E-state index is 0.0157. The molecule has 1 aromatic rings. The maximum absolute atomic E-state index is 11.9. The van der Waals surface area contributed by atoms with Crippen molar-refractivity contribution in [1.82, 2.24) is 15.1 Å². The molecule has 0 bridgehead atoms. The number of halogens is 1. The van der Waals surface area contributed by atoms with Gasteiger partial charge in [-0.15, -0.1) is 0 Å². The first-order valence-corrected chi connectivity index (χ1v) is 6.51. The lowest BCUT2D eigenvalue weighted by atomic mass is 9.95. The summed E-state index contributed by atoms with van der Waals surface area (Å²) in [6.45, 7) is 0. The molecule has 16 heavy (non-hydrogen) atoms. The summed E-state index contributed by atoms with van der Waals surface area (Å²) in [4.78, 5) is 12.5. The van der Waals surface area contributed by atoms with Crippen molar-refractivity contribution in [2.45, 2.75) is 36.6 Å². The van der Waals surface area contributed by atoms with Crippen LogP contribution in [0.15, 0.2) is 12.3 Å². The lowest BCUT2D eigenvalue weighted by Gasteiger charge is -2.25. The molecule has 5 heteroatoms. The number of rotatable bonds is 2. The molecule has 0 saturated heterocycles. The first-order valence-electron chi connectivity index (χ1n) is 5.60. The van der Waals surface area contributed by atoms with E-state index in [0.717, 1.165) is 25.7 Å². The van der Waals surface area contributed by atoms with Gasteiger partial charge in [-0.1, -0.05) is 15.9 Å². The van der Waals surface area contributed by atoms with E-state index in [-0.39, 0.29) is 5.91 Å². The standard InChI is InChI=1S/C11H16BrN3O/c1-15-10(6-7-13-15)11(16)14-9-4-2-8(12)3-5-9/h6-9H,2-5H2,1H3,(H,14,16). The molecule has 1 aliphatic carbocycles. The van der Waals surface area contributed by atoms with Gasteiger partial charge in [0, 0.05) is 24.1 Å². The first-order chi connectivity index (χ1) is 7.66. The number of hydrogen-bond donors (Lipinski definition) is 1. The van der Waals surface area contributed by atoms with Crippen molar-refractivity contribution in [3.05, 3.63) is 18.0 Å². The summed E-state index contributed by atoms with van der Waals surface area (Å²) in [5, 5.41) is 7.05. The zero-order valence-electron chi connectivity index (χ0n) is 9.32. The normalized spacial score (nSPS) is 25.4. The topological polar surface area (TPSA) is 46.9 Å². The molecule has 1 aliphatic rings. The van der Waals surface area contributed by atoms with Gasteiger partial charge >= 0.3 is 0 Å².